The van der Waals surface area contributed by atoms with E-state index in [0.717, 1.165) is 19.4 Å². The Kier molecular flexibility index (Phi) is 5.56. The van der Waals surface area contributed by atoms with Crippen LogP contribution in [0.4, 0.5) is 0 Å². The molecule has 2 atom stereocenters. The third kappa shape index (κ3) is 4.92. The zero-order valence-electron chi connectivity index (χ0n) is 12.0. The SMILES string of the molecule is COC1CCN(CC(=O)NC(C)(C)C)C(CN)C1. The second-order valence-electron chi connectivity index (χ2n) is 6.04. The molecule has 18 heavy (non-hydrogen) atoms. The number of ether oxygens (including phenoxy) is 1. The summed E-state index contributed by atoms with van der Waals surface area (Å²) in [6.07, 6.45) is 2.16. The maximum atomic E-state index is 11.9. The highest BCUT2D eigenvalue weighted by molar-refractivity contribution is 5.78. The first-order valence-electron chi connectivity index (χ1n) is 6.63. The molecule has 0 aromatic carbocycles. The van der Waals surface area contributed by atoms with Crippen LogP contribution in [0.25, 0.3) is 0 Å². The van der Waals surface area contributed by atoms with Crippen LogP contribution in [0.5, 0.6) is 0 Å². The van der Waals surface area contributed by atoms with Gasteiger partial charge >= 0.3 is 0 Å². The fourth-order valence-corrected chi connectivity index (χ4v) is 2.37. The van der Waals surface area contributed by atoms with E-state index >= 15 is 0 Å². The smallest absolute Gasteiger partial charge is 0.234 e. The molecule has 3 N–H and O–H groups in total. The molecule has 1 aliphatic heterocycles. The van der Waals surface area contributed by atoms with Crippen molar-refractivity contribution in [2.75, 3.05) is 26.7 Å². The monoisotopic (exact) mass is 257 g/mol. The number of methoxy groups -OCH3 is 1. The van der Waals surface area contributed by atoms with Gasteiger partial charge in [-0.15, -0.1) is 0 Å². The Morgan fingerprint density at radius 1 is 1.50 bits per heavy atom. The van der Waals surface area contributed by atoms with Crippen molar-refractivity contribution in [1.29, 1.82) is 0 Å². The van der Waals surface area contributed by atoms with E-state index in [2.05, 4.69) is 10.2 Å². The summed E-state index contributed by atoms with van der Waals surface area (Å²) in [4.78, 5) is 14.1. The van der Waals surface area contributed by atoms with Crippen LogP contribution in [0, 0.1) is 0 Å². The molecule has 1 heterocycles. The molecule has 1 fully saturated rings. The third-order valence-electron chi connectivity index (χ3n) is 3.26. The van der Waals surface area contributed by atoms with Crippen molar-refractivity contribution in [3.8, 4) is 0 Å². The minimum Gasteiger partial charge on any atom is -0.381 e. The van der Waals surface area contributed by atoms with Crippen molar-refractivity contribution in [2.24, 2.45) is 5.73 Å². The van der Waals surface area contributed by atoms with Crippen LogP contribution in [0.1, 0.15) is 33.6 Å². The van der Waals surface area contributed by atoms with Gasteiger partial charge in [0.15, 0.2) is 0 Å². The van der Waals surface area contributed by atoms with Crippen LogP contribution in [0.3, 0.4) is 0 Å². The Morgan fingerprint density at radius 3 is 2.67 bits per heavy atom. The average molecular weight is 257 g/mol. The normalized spacial score (nSPS) is 26.1. The van der Waals surface area contributed by atoms with E-state index in [-0.39, 0.29) is 23.6 Å². The van der Waals surface area contributed by atoms with E-state index < -0.39 is 0 Å². The molecule has 5 nitrogen and oxygen atoms in total. The number of nitrogens with zero attached hydrogens (tertiary/aromatic N) is 1. The highest BCUT2D eigenvalue weighted by Gasteiger charge is 2.29. The van der Waals surface area contributed by atoms with Crippen molar-refractivity contribution in [3.63, 3.8) is 0 Å². The molecule has 0 bridgehead atoms. The van der Waals surface area contributed by atoms with Crippen LogP contribution in [0.2, 0.25) is 0 Å². The summed E-state index contributed by atoms with van der Waals surface area (Å²) in [7, 11) is 1.74. The van der Waals surface area contributed by atoms with Gasteiger partial charge in [0.05, 0.1) is 12.6 Å². The van der Waals surface area contributed by atoms with Crippen LogP contribution in [-0.4, -0.2) is 55.2 Å². The molecule has 1 rings (SSSR count). The van der Waals surface area contributed by atoms with Gasteiger partial charge in [-0.1, -0.05) is 0 Å². The van der Waals surface area contributed by atoms with Crippen molar-refractivity contribution in [3.05, 3.63) is 0 Å². The molecule has 2 unspecified atom stereocenters. The van der Waals surface area contributed by atoms with E-state index in [1.54, 1.807) is 7.11 Å². The molecule has 0 aromatic heterocycles. The van der Waals surface area contributed by atoms with Gasteiger partial charge in [0, 0.05) is 31.8 Å². The van der Waals surface area contributed by atoms with E-state index in [1.165, 1.54) is 0 Å². The van der Waals surface area contributed by atoms with E-state index in [4.69, 9.17) is 10.5 Å². The lowest BCUT2D eigenvalue weighted by atomic mass is 9.99. The van der Waals surface area contributed by atoms with Crippen molar-refractivity contribution < 1.29 is 9.53 Å². The second-order valence-corrected chi connectivity index (χ2v) is 6.04. The molecule has 106 valence electrons. The maximum Gasteiger partial charge on any atom is 0.234 e. The zero-order valence-corrected chi connectivity index (χ0v) is 12.0. The molecule has 1 saturated heterocycles. The lowest BCUT2D eigenvalue weighted by Gasteiger charge is -2.38. The minimum atomic E-state index is -0.180. The Labute approximate surface area is 110 Å². The fourth-order valence-electron chi connectivity index (χ4n) is 2.37. The molecule has 0 spiro atoms. The first-order valence-corrected chi connectivity index (χ1v) is 6.63. The van der Waals surface area contributed by atoms with Crippen LogP contribution < -0.4 is 11.1 Å². The fraction of sp³-hybridized carbons (Fsp3) is 0.923. The summed E-state index contributed by atoms with van der Waals surface area (Å²) in [6.45, 7) is 7.84. The van der Waals surface area contributed by atoms with Crippen molar-refractivity contribution in [2.45, 2.75) is 51.3 Å². The van der Waals surface area contributed by atoms with Gasteiger partial charge in [-0.2, -0.15) is 0 Å². The summed E-state index contributed by atoms with van der Waals surface area (Å²) in [5.74, 6) is 0.0665. The lowest BCUT2D eigenvalue weighted by Crippen LogP contribution is -2.53. The molecule has 5 heteroatoms. The number of hydrogen-bond acceptors (Lipinski definition) is 4. The Hall–Kier alpha value is -0.650. The molecule has 1 amide bonds. The van der Waals surface area contributed by atoms with E-state index in [0.29, 0.717) is 13.1 Å². The minimum absolute atomic E-state index is 0.0665. The second kappa shape index (κ2) is 6.50. The number of carbonyl (C=O) groups is 1. The molecule has 0 saturated carbocycles. The third-order valence-corrected chi connectivity index (χ3v) is 3.26. The number of piperidine rings is 1. The standard InChI is InChI=1S/C13H27N3O2/c1-13(2,3)15-12(17)9-16-6-5-11(18-4)7-10(16)8-14/h10-11H,5-9,14H2,1-4H3,(H,15,17). The average Bonchev–Trinajstić information content (AvgIpc) is 2.27. The predicted molar refractivity (Wildman–Crippen MR) is 72.3 cm³/mol. The molecule has 0 radical (unpaired) electrons. The number of amides is 1. The summed E-state index contributed by atoms with van der Waals surface area (Å²) in [6, 6.07) is 0.245. The van der Waals surface area contributed by atoms with E-state index in [9.17, 15) is 4.79 Å². The summed E-state index contributed by atoms with van der Waals surface area (Å²) in [5.41, 5.74) is 5.60. The van der Waals surface area contributed by atoms with Gasteiger partial charge in [0.2, 0.25) is 5.91 Å². The molecule has 1 aliphatic rings. The van der Waals surface area contributed by atoms with Crippen LogP contribution >= 0.6 is 0 Å². The quantitative estimate of drug-likeness (QED) is 0.762. The predicted octanol–water partition coefficient (Wildman–Crippen LogP) is 0.339. The zero-order chi connectivity index (χ0) is 13.8. The molecular formula is C13H27N3O2. The summed E-state index contributed by atoms with van der Waals surface area (Å²) >= 11 is 0. The van der Waals surface area contributed by atoms with Gasteiger partial charge in [-0.25, -0.2) is 0 Å². The maximum absolute atomic E-state index is 11.9. The Bertz CT molecular complexity index is 276. The van der Waals surface area contributed by atoms with Gasteiger partial charge < -0.3 is 15.8 Å². The first-order chi connectivity index (χ1) is 8.35. The Balaban J connectivity index is 2.48. The summed E-state index contributed by atoms with van der Waals surface area (Å²) < 4.78 is 5.37. The number of nitrogens with two attached hydrogens (primary N) is 1. The molecular weight excluding hydrogens is 230 g/mol. The lowest BCUT2D eigenvalue weighted by molar-refractivity contribution is -0.125. The molecule has 0 aromatic rings. The number of rotatable bonds is 4. The van der Waals surface area contributed by atoms with Crippen molar-refractivity contribution >= 4 is 5.91 Å². The number of likely N-dealkylation sites (tertiary alicyclic amines) is 1. The van der Waals surface area contributed by atoms with Crippen molar-refractivity contribution in [1.82, 2.24) is 10.2 Å². The topological polar surface area (TPSA) is 67.6 Å². The largest absolute Gasteiger partial charge is 0.381 e. The Morgan fingerprint density at radius 2 is 2.17 bits per heavy atom. The van der Waals surface area contributed by atoms with E-state index in [1.807, 2.05) is 20.8 Å². The number of hydrogen-bond donors (Lipinski definition) is 2. The van der Waals surface area contributed by atoms with Gasteiger partial charge in [-0.05, 0) is 33.6 Å². The first kappa shape index (κ1) is 15.4. The van der Waals surface area contributed by atoms with Gasteiger partial charge in [0.25, 0.3) is 0 Å². The highest BCUT2D eigenvalue weighted by atomic mass is 16.5. The molecule has 0 aliphatic carbocycles. The van der Waals surface area contributed by atoms with Gasteiger partial charge in [0.1, 0.15) is 0 Å². The van der Waals surface area contributed by atoms with Gasteiger partial charge in [-0.3, -0.25) is 9.69 Å². The number of carbonyl (C=O) groups excluding carboxylic acids is 1. The summed E-state index contributed by atoms with van der Waals surface area (Å²) in [5, 5.41) is 2.98. The van der Waals surface area contributed by atoms with Crippen LogP contribution in [-0.2, 0) is 9.53 Å². The number of nitrogens with one attached hydrogen (secondary N) is 1. The van der Waals surface area contributed by atoms with Crippen LogP contribution in [0.15, 0.2) is 0 Å². The highest BCUT2D eigenvalue weighted by Crippen LogP contribution is 2.18.